The Labute approximate surface area is 146 Å². The molecule has 8 heteroatoms. The first-order valence-electron chi connectivity index (χ1n) is 5.70. The molecule has 0 spiro atoms. The van der Waals surface area contributed by atoms with Crippen LogP contribution in [0.15, 0.2) is 34.9 Å². The van der Waals surface area contributed by atoms with Crippen molar-refractivity contribution in [2.45, 2.75) is 0 Å². The van der Waals surface area contributed by atoms with Gasteiger partial charge < -0.3 is 5.11 Å². The van der Waals surface area contributed by atoms with E-state index in [1.54, 1.807) is 4.40 Å². The lowest BCUT2D eigenvalue weighted by atomic mass is 10.2. The molecule has 0 bridgehead atoms. The van der Waals surface area contributed by atoms with Crippen LogP contribution in [0.25, 0.3) is 17.0 Å². The number of carboxylic acids is 1. The number of benzene rings is 1. The van der Waals surface area contributed by atoms with Crippen LogP contribution in [0.3, 0.4) is 0 Å². The molecular formula is C13H6BrClIN3O2. The zero-order chi connectivity index (χ0) is 15.1. The van der Waals surface area contributed by atoms with Crippen LogP contribution in [-0.2, 0) is 0 Å². The van der Waals surface area contributed by atoms with Gasteiger partial charge in [0.1, 0.15) is 0 Å². The van der Waals surface area contributed by atoms with Crippen molar-refractivity contribution in [3.8, 4) is 11.4 Å². The Bertz CT molecular complexity index is 881. The van der Waals surface area contributed by atoms with Gasteiger partial charge in [0.15, 0.2) is 11.5 Å². The van der Waals surface area contributed by atoms with E-state index < -0.39 is 5.97 Å². The van der Waals surface area contributed by atoms with Gasteiger partial charge in [-0.05, 0) is 46.9 Å². The average molecular weight is 478 g/mol. The molecule has 2 heterocycles. The number of halogens is 3. The summed E-state index contributed by atoms with van der Waals surface area (Å²) in [6.45, 7) is 0. The number of carboxylic acid groups (broad SMARTS) is 1. The van der Waals surface area contributed by atoms with Gasteiger partial charge in [-0.1, -0.05) is 27.5 Å². The summed E-state index contributed by atoms with van der Waals surface area (Å²) in [7, 11) is 0. The van der Waals surface area contributed by atoms with Gasteiger partial charge in [-0.3, -0.25) is 4.40 Å². The lowest BCUT2D eigenvalue weighted by molar-refractivity contribution is 0.0696. The van der Waals surface area contributed by atoms with Crippen molar-refractivity contribution >= 4 is 61.7 Å². The molecule has 0 aliphatic rings. The maximum atomic E-state index is 11.2. The summed E-state index contributed by atoms with van der Waals surface area (Å²) in [5, 5.41) is 17.6. The van der Waals surface area contributed by atoms with Gasteiger partial charge in [0.2, 0.25) is 0 Å². The molecule has 0 saturated heterocycles. The van der Waals surface area contributed by atoms with E-state index in [9.17, 15) is 4.79 Å². The Balaban J connectivity index is 2.33. The average Bonchev–Trinajstić information content (AvgIpc) is 2.85. The Hall–Kier alpha value is -1.19. The molecule has 1 N–H and O–H groups in total. The minimum absolute atomic E-state index is 0.0790. The predicted octanol–water partition coefficient (Wildman–Crippen LogP) is 4.12. The van der Waals surface area contributed by atoms with E-state index >= 15 is 0 Å². The Kier molecular flexibility index (Phi) is 3.89. The minimum Gasteiger partial charge on any atom is -0.478 e. The van der Waals surface area contributed by atoms with E-state index in [-0.39, 0.29) is 10.6 Å². The molecule has 0 radical (unpaired) electrons. The molecule has 0 saturated carbocycles. The first-order valence-corrected chi connectivity index (χ1v) is 7.95. The smallest absolute Gasteiger partial charge is 0.337 e. The molecule has 106 valence electrons. The van der Waals surface area contributed by atoms with Gasteiger partial charge in [-0.25, -0.2) is 4.79 Å². The second kappa shape index (κ2) is 5.54. The summed E-state index contributed by atoms with van der Waals surface area (Å²) in [5.74, 6) is -0.527. The van der Waals surface area contributed by atoms with Crippen LogP contribution in [0.4, 0.5) is 0 Å². The Morgan fingerprint density at radius 1 is 1.33 bits per heavy atom. The third-order valence-corrected chi connectivity index (χ3v) is 4.52. The lowest BCUT2D eigenvalue weighted by Crippen LogP contribution is -2.00. The summed E-state index contributed by atoms with van der Waals surface area (Å²) in [6.07, 6.45) is 1.46. The van der Waals surface area contributed by atoms with E-state index in [4.69, 9.17) is 16.7 Å². The quantitative estimate of drug-likeness (QED) is 0.563. The van der Waals surface area contributed by atoms with Crippen molar-refractivity contribution < 1.29 is 9.90 Å². The van der Waals surface area contributed by atoms with Crippen molar-refractivity contribution in [3.63, 3.8) is 0 Å². The van der Waals surface area contributed by atoms with Gasteiger partial charge in [0.05, 0.1) is 10.6 Å². The van der Waals surface area contributed by atoms with Crippen molar-refractivity contribution in [3.05, 3.63) is 49.1 Å². The van der Waals surface area contributed by atoms with Crippen molar-refractivity contribution in [2.24, 2.45) is 0 Å². The molecule has 0 fully saturated rings. The number of hydrogen-bond acceptors (Lipinski definition) is 3. The number of carbonyl (C=O) groups is 1. The number of nitrogens with zero attached hydrogens (tertiary/aromatic N) is 3. The predicted molar refractivity (Wildman–Crippen MR) is 90.8 cm³/mol. The SMILES string of the molecule is O=C(O)c1cc(Cl)c2nnc(-c3cc(I)ccc3Br)n2c1. The van der Waals surface area contributed by atoms with E-state index in [1.807, 2.05) is 18.2 Å². The molecule has 0 aliphatic heterocycles. The Morgan fingerprint density at radius 2 is 2.10 bits per heavy atom. The van der Waals surface area contributed by atoms with Gasteiger partial charge in [-0.2, -0.15) is 0 Å². The summed E-state index contributed by atoms with van der Waals surface area (Å²) >= 11 is 11.7. The number of rotatable bonds is 2. The molecule has 0 unspecified atom stereocenters. The van der Waals surface area contributed by atoms with Crippen LogP contribution >= 0.6 is 50.1 Å². The fourth-order valence-electron chi connectivity index (χ4n) is 1.92. The first-order chi connectivity index (χ1) is 9.97. The van der Waals surface area contributed by atoms with Gasteiger partial charge in [0.25, 0.3) is 0 Å². The topological polar surface area (TPSA) is 67.5 Å². The van der Waals surface area contributed by atoms with Crippen LogP contribution < -0.4 is 0 Å². The summed E-state index contributed by atoms with van der Waals surface area (Å²) in [6, 6.07) is 7.15. The highest BCUT2D eigenvalue weighted by molar-refractivity contribution is 14.1. The molecule has 2 aromatic heterocycles. The number of fused-ring (bicyclic) bond motifs is 1. The first kappa shape index (κ1) is 14.7. The van der Waals surface area contributed by atoms with Crippen molar-refractivity contribution in [1.29, 1.82) is 0 Å². The molecular weight excluding hydrogens is 472 g/mol. The minimum atomic E-state index is -1.06. The number of pyridine rings is 1. The fourth-order valence-corrected chi connectivity index (χ4v) is 3.08. The van der Waals surface area contributed by atoms with Crippen LogP contribution in [0.1, 0.15) is 10.4 Å². The van der Waals surface area contributed by atoms with Crippen molar-refractivity contribution in [2.75, 3.05) is 0 Å². The lowest BCUT2D eigenvalue weighted by Gasteiger charge is -2.05. The maximum Gasteiger partial charge on any atom is 0.337 e. The highest BCUT2D eigenvalue weighted by Gasteiger charge is 2.16. The molecule has 3 rings (SSSR count). The number of hydrogen-bond donors (Lipinski definition) is 1. The standard InChI is InChI=1S/C13H6BrClIN3O2/c14-9-2-1-7(16)4-8(9)11-17-18-12-10(15)3-6(13(20)21)5-19(11)12/h1-5H,(H,20,21). The Morgan fingerprint density at radius 3 is 2.81 bits per heavy atom. The van der Waals surface area contributed by atoms with E-state index in [0.29, 0.717) is 11.5 Å². The van der Waals surface area contributed by atoms with Crippen LogP contribution in [0.2, 0.25) is 5.02 Å². The largest absolute Gasteiger partial charge is 0.478 e. The molecule has 3 aromatic rings. The molecule has 0 amide bonds. The molecule has 0 atom stereocenters. The zero-order valence-electron chi connectivity index (χ0n) is 10.2. The fraction of sp³-hybridized carbons (Fsp3) is 0. The number of aromatic nitrogens is 3. The second-order valence-electron chi connectivity index (χ2n) is 4.22. The van der Waals surface area contributed by atoms with Crippen LogP contribution in [0.5, 0.6) is 0 Å². The molecule has 1 aromatic carbocycles. The molecule has 0 aliphatic carbocycles. The third kappa shape index (κ3) is 2.65. The molecule has 5 nitrogen and oxygen atoms in total. The van der Waals surface area contributed by atoms with Crippen LogP contribution in [0, 0.1) is 3.57 Å². The van der Waals surface area contributed by atoms with Gasteiger partial charge in [-0.15, -0.1) is 10.2 Å². The van der Waals surface area contributed by atoms with Gasteiger partial charge >= 0.3 is 5.97 Å². The van der Waals surface area contributed by atoms with Gasteiger partial charge in [0, 0.05) is 19.8 Å². The maximum absolute atomic E-state index is 11.2. The van der Waals surface area contributed by atoms with E-state index in [2.05, 4.69) is 48.7 Å². The zero-order valence-corrected chi connectivity index (χ0v) is 14.7. The normalized spacial score (nSPS) is 11.0. The van der Waals surface area contributed by atoms with E-state index in [1.165, 1.54) is 12.3 Å². The summed E-state index contributed by atoms with van der Waals surface area (Å²) < 4.78 is 3.46. The number of aromatic carboxylic acids is 1. The van der Waals surface area contributed by atoms with Crippen molar-refractivity contribution in [1.82, 2.24) is 14.6 Å². The summed E-state index contributed by atoms with van der Waals surface area (Å²) in [4.78, 5) is 11.2. The monoisotopic (exact) mass is 477 g/mol. The third-order valence-electron chi connectivity index (χ3n) is 2.88. The van der Waals surface area contributed by atoms with E-state index in [0.717, 1.165) is 13.6 Å². The van der Waals surface area contributed by atoms with Crippen LogP contribution in [-0.4, -0.2) is 25.7 Å². The highest BCUT2D eigenvalue weighted by atomic mass is 127. The summed E-state index contributed by atoms with van der Waals surface area (Å²) in [5.41, 5.74) is 1.31. The second-order valence-corrected chi connectivity index (χ2v) is 6.73. The highest BCUT2D eigenvalue weighted by Crippen LogP contribution is 2.30. The molecule has 21 heavy (non-hydrogen) atoms.